The van der Waals surface area contributed by atoms with Gasteiger partial charge in [0.25, 0.3) is 0 Å². The van der Waals surface area contributed by atoms with Crippen LogP contribution in [0.3, 0.4) is 0 Å². The number of hydrogen-bond donors (Lipinski definition) is 0. The van der Waals surface area contributed by atoms with E-state index in [-0.39, 0.29) is 25.0 Å². The molecule has 2 aliphatic carbocycles. The molecule has 0 aromatic heterocycles. The van der Waals surface area contributed by atoms with Crippen LogP contribution in [-0.2, 0) is 17.1 Å². The summed E-state index contributed by atoms with van der Waals surface area (Å²) >= 11 is 0. The summed E-state index contributed by atoms with van der Waals surface area (Å²) in [5.41, 5.74) is 2.96. The molecule has 2 saturated carbocycles. The van der Waals surface area contributed by atoms with Crippen LogP contribution in [0.15, 0.2) is 60.7 Å². The minimum Gasteiger partial charge on any atom is -0.0877 e. The average molecular weight is 514 g/mol. The van der Waals surface area contributed by atoms with Crippen LogP contribution in [0, 0.1) is 62.7 Å². The summed E-state index contributed by atoms with van der Waals surface area (Å²) in [6.07, 6.45) is 17.6. The van der Waals surface area contributed by atoms with Crippen molar-refractivity contribution in [3.05, 3.63) is 123 Å². The van der Waals surface area contributed by atoms with Gasteiger partial charge < -0.3 is 0 Å². The topological polar surface area (TPSA) is 0 Å². The Hall–Kier alpha value is -0.181. The quantitative estimate of drug-likeness (QED) is 0.287. The zero-order chi connectivity index (χ0) is 23.2. The predicted molar refractivity (Wildman–Crippen MR) is 146 cm³/mol. The minimum atomic E-state index is -0.409. The second-order valence-electron chi connectivity index (χ2n) is 9.97. The molecule has 3 heteroatoms. The minimum absolute atomic E-state index is 0. The molecule has 0 nitrogen and oxygen atoms in total. The maximum atomic E-state index is 2.36. The molecule has 172 valence electrons. The van der Waals surface area contributed by atoms with Crippen molar-refractivity contribution in [1.82, 2.24) is 0 Å². The first-order chi connectivity index (χ1) is 15.2. The van der Waals surface area contributed by atoms with Crippen LogP contribution < -0.4 is 10.6 Å². The van der Waals surface area contributed by atoms with Gasteiger partial charge in [-0.1, -0.05) is 110 Å². The van der Waals surface area contributed by atoms with Crippen molar-refractivity contribution < 1.29 is 17.1 Å². The predicted octanol–water partition coefficient (Wildman–Crippen LogP) is 7.91. The third kappa shape index (κ3) is 8.46. The Bertz CT molecular complexity index is 726. The first-order valence-electron chi connectivity index (χ1n) is 11.3. The van der Waals surface area contributed by atoms with Gasteiger partial charge in [0.15, 0.2) is 0 Å². The van der Waals surface area contributed by atoms with Crippen molar-refractivity contribution in [3.8, 4) is 0 Å². The summed E-state index contributed by atoms with van der Waals surface area (Å²) in [4.78, 5) is 0. The molecule has 0 spiro atoms. The van der Waals surface area contributed by atoms with E-state index in [9.17, 15) is 0 Å². The van der Waals surface area contributed by atoms with Gasteiger partial charge in [0, 0.05) is 11.3 Å². The second kappa shape index (κ2) is 13.2. The fourth-order valence-electron chi connectivity index (χ4n) is 4.41. The SMILES string of the molecule is CC(C)(C)P([C]1[CH][CH][CH][CH]1)C(C)(C)C.[CH]1[CH][CH][C](P(c2ccccc2)c2ccccc2)[CH]1.[Fe+2]. The molecule has 0 unspecified atom stereocenters. The fourth-order valence-corrected chi connectivity index (χ4v) is 10.7. The van der Waals surface area contributed by atoms with Crippen molar-refractivity contribution in [2.75, 3.05) is 0 Å². The molecule has 0 amide bonds. The van der Waals surface area contributed by atoms with Crippen LogP contribution in [0.2, 0.25) is 0 Å². The molecule has 0 N–H and O–H groups in total. The van der Waals surface area contributed by atoms with E-state index >= 15 is 0 Å². The zero-order valence-corrected chi connectivity index (χ0v) is 23.5. The van der Waals surface area contributed by atoms with E-state index in [0.29, 0.717) is 10.3 Å². The molecule has 4 rings (SSSR count). The molecule has 10 radical (unpaired) electrons. The summed E-state index contributed by atoms with van der Waals surface area (Å²) in [5, 5.41) is 3.60. The molecule has 0 saturated heterocycles. The third-order valence-corrected chi connectivity index (χ3v) is 11.1. The molecule has 0 bridgehead atoms. The van der Waals surface area contributed by atoms with Gasteiger partial charge in [-0.05, 0) is 80.2 Å². The Kier molecular flexibility index (Phi) is 11.6. The van der Waals surface area contributed by atoms with E-state index in [4.69, 9.17) is 0 Å². The first kappa shape index (κ1) is 29.1. The van der Waals surface area contributed by atoms with E-state index in [1.807, 2.05) is 0 Å². The van der Waals surface area contributed by atoms with Crippen LogP contribution in [0.25, 0.3) is 0 Å². The summed E-state index contributed by atoms with van der Waals surface area (Å²) in [7, 11) is -0.510. The van der Waals surface area contributed by atoms with Crippen LogP contribution in [-0.4, -0.2) is 10.3 Å². The molecule has 2 aromatic rings. The van der Waals surface area contributed by atoms with E-state index in [2.05, 4.69) is 154 Å². The molecule has 2 aromatic carbocycles. The van der Waals surface area contributed by atoms with Gasteiger partial charge in [-0.25, -0.2) is 0 Å². The Balaban J connectivity index is 0.000000235. The molecule has 2 aliphatic rings. The van der Waals surface area contributed by atoms with Gasteiger partial charge in [-0.15, -0.1) is 0 Å². The monoisotopic (exact) mass is 514 g/mol. The zero-order valence-electron chi connectivity index (χ0n) is 20.6. The summed E-state index contributed by atoms with van der Waals surface area (Å²) in [6, 6.07) is 21.6. The Morgan fingerprint density at radius 1 is 0.485 bits per heavy atom. The molecule has 0 heterocycles. The number of hydrogen-bond acceptors (Lipinski definition) is 0. The first-order valence-corrected chi connectivity index (χ1v) is 14.0. The van der Waals surface area contributed by atoms with Crippen molar-refractivity contribution in [2.45, 2.75) is 51.9 Å². The normalized spacial score (nSPS) is 17.7. The van der Waals surface area contributed by atoms with Crippen molar-refractivity contribution >= 4 is 26.5 Å². The maximum absolute atomic E-state index is 2.36. The maximum Gasteiger partial charge on any atom is 2.00 e. The fraction of sp³-hybridized carbons (Fsp3) is 0.267. The molecule has 33 heavy (non-hydrogen) atoms. The molecule has 0 aliphatic heterocycles. The summed E-state index contributed by atoms with van der Waals surface area (Å²) in [6.45, 7) is 14.1. The van der Waals surface area contributed by atoms with E-state index in [1.165, 1.54) is 16.3 Å². The molecular weight excluding hydrogens is 478 g/mol. The van der Waals surface area contributed by atoms with Crippen molar-refractivity contribution in [2.24, 2.45) is 0 Å². The van der Waals surface area contributed by atoms with Gasteiger partial charge >= 0.3 is 17.1 Å². The largest absolute Gasteiger partial charge is 2.00 e. The standard InChI is InChI=1S/C17H14P.C13H22P.Fe/c1-3-9-15(10-4-1)18(17-13-7-8-14-17)16-11-5-2-6-12-16;1-12(2,3)14(13(4,5)6)11-9-7-8-10-11;/h1-14H;7-10H,1-6H3;/q;;+2. The number of rotatable bonds is 4. The van der Waals surface area contributed by atoms with Crippen LogP contribution in [0.4, 0.5) is 0 Å². The van der Waals surface area contributed by atoms with E-state index < -0.39 is 7.92 Å². The van der Waals surface area contributed by atoms with Gasteiger partial charge in [-0.2, -0.15) is 0 Å². The molecule has 0 atom stereocenters. The van der Waals surface area contributed by atoms with Gasteiger partial charge in [0.1, 0.15) is 0 Å². The van der Waals surface area contributed by atoms with Crippen molar-refractivity contribution in [1.29, 1.82) is 0 Å². The van der Waals surface area contributed by atoms with E-state index in [1.54, 1.807) is 5.66 Å². The van der Waals surface area contributed by atoms with Gasteiger partial charge in [-0.3, -0.25) is 0 Å². The van der Waals surface area contributed by atoms with Crippen LogP contribution in [0.1, 0.15) is 41.5 Å². The molecular formula is C30H36FeP2+2. The molecule has 2 fully saturated rings. The smallest absolute Gasteiger partial charge is 0.0877 e. The van der Waals surface area contributed by atoms with E-state index in [0.717, 1.165) is 0 Å². The average Bonchev–Trinajstić information content (AvgIpc) is 3.43. The Morgan fingerprint density at radius 3 is 1.15 bits per heavy atom. The Labute approximate surface area is 218 Å². The third-order valence-electron chi connectivity index (χ3n) is 5.18. The second-order valence-corrected chi connectivity index (χ2v) is 16.1. The Morgan fingerprint density at radius 2 is 0.818 bits per heavy atom. The number of benzene rings is 2. The van der Waals surface area contributed by atoms with Gasteiger partial charge in [0.2, 0.25) is 0 Å². The van der Waals surface area contributed by atoms with Crippen LogP contribution in [0.5, 0.6) is 0 Å². The van der Waals surface area contributed by atoms with Crippen LogP contribution >= 0.6 is 15.8 Å². The van der Waals surface area contributed by atoms with Crippen molar-refractivity contribution in [3.63, 3.8) is 0 Å². The summed E-state index contributed by atoms with van der Waals surface area (Å²) < 4.78 is 0. The summed E-state index contributed by atoms with van der Waals surface area (Å²) in [5.74, 6) is 0. The van der Waals surface area contributed by atoms with Gasteiger partial charge in [0.05, 0.1) is 0 Å².